The van der Waals surface area contributed by atoms with E-state index in [2.05, 4.69) is 15.3 Å². The van der Waals surface area contributed by atoms with E-state index in [4.69, 9.17) is 17.3 Å². The van der Waals surface area contributed by atoms with Gasteiger partial charge >= 0.3 is 0 Å². The van der Waals surface area contributed by atoms with E-state index >= 15 is 0 Å². The average molecular weight is 258 g/mol. The summed E-state index contributed by atoms with van der Waals surface area (Å²) >= 11 is 5.73. The van der Waals surface area contributed by atoms with Crippen LogP contribution < -0.4 is 11.1 Å². The molecule has 0 bridgehead atoms. The normalized spacial score (nSPS) is 12.1. The number of nitrogens with zero attached hydrogens (tertiary/aromatic N) is 3. The molecule has 3 N–H and O–H groups in total. The second kappa shape index (κ2) is 5.18. The molecule has 0 aliphatic heterocycles. The minimum atomic E-state index is -0.433. The molecule has 0 spiro atoms. The molecule has 1 unspecified atom stereocenters. The zero-order chi connectivity index (χ0) is 13.2. The van der Waals surface area contributed by atoms with Gasteiger partial charge in [-0.05, 0) is 25.4 Å². The first kappa shape index (κ1) is 13.5. The molecule has 0 aliphatic carbocycles. The standard InChI is InChI=1S/C10H16ClN5O/c1-5-7(12)8(15-10(11)14-5)13-6(2)9(17)16(3)4/h6H,12H2,1-4H3,(H,13,14,15). The molecule has 1 atom stereocenters. The van der Waals surface area contributed by atoms with Gasteiger partial charge in [0.1, 0.15) is 6.04 Å². The van der Waals surface area contributed by atoms with Crippen LogP contribution in [0.1, 0.15) is 12.6 Å². The Labute approximate surface area is 105 Å². The highest BCUT2D eigenvalue weighted by atomic mass is 35.5. The molecule has 1 aromatic heterocycles. The van der Waals surface area contributed by atoms with Crippen molar-refractivity contribution in [3.8, 4) is 0 Å². The highest BCUT2D eigenvalue weighted by Crippen LogP contribution is 2.21. The third-order valence-corrected chi connectivity index (χ3v) is 2.44. The lowest BCUT2D eigenvalue weighted by Gasteiger charge is -2.19. The van der Waals surface area contributed by atoms with Gasteiger partial charge < -0.3 is 16.0 Å². The number of aryl methyl sites for hydroxylation is 1. The van der Waals surface area contributed by atoms with Gasteiger partial charge in [0.25, 0.3) is 0 Å². The number of nitrogens with one attached hydrogen (secondary N) is 1. The fourth-order valence-corrected chi connectivity index (χ4v) is 1.52. The van der Waals surface area contributed by atoms with Gasteiger partial charge in [-0.2, -0.15) is 4.98 Å². The quantitative estimate of drug-likeness (QED) is 0.787. The van der Waals surface area contributed by atoms with Crippen LogP contribution in [0.2, 0.25) is 5.28 Å². The van der Waals surface area contributed by atoms with E-state index in [1.165, 1.54) is 4.90 Å². The van der Waals surface area contributed by atoms with E-state index in [-0.39, 0.29) is 11.2 Å². The Balaban J connectivity index is 2.92. The van der Waals surface area contributed by atoms with Crippen molar-refractivity contribution in [1.82, 2.24) is 14.9 Å². The highest BCUT2D eigenvalue weighted by molar-refractivity contribution is 6.28. The van der Waals surface area contributed by atoms with Crippen LogP contribution in [-0.2, 0) is 4.79 Å². The molecule has 0 aliphatic rings. The van der Waals surface area contributed by atoms with Crippen LogP contribution in [0.3, 0.4) is 0 Å². The lowest BCUT2D eigenvalue weighted by Crippen LogP contribution is -2.37. The molecule has 17 heavy (non-hydrogen) atoms. The maximum absolute atomic E-state index is 11.7. The predicted octanol–water partition coefficient (Wildman–Crippen LogP) is 0.909. The molecule has 1 amide bonds. The minimum absolute atomic E-state index is 0.0724. The van der Waals surface area contributed by atoms with Gasteiger partial charge in [-0.15, -0.1) is 0 Å². The Morgan fingerprint density at radius 3 is 2.59 bits per heavy atom. The molecule has 0 fully saturated rings. The van der Waals surface area contributed by atoms with E-state index < -0.39 is 6.04 Å². The van der Waals surface area contributed by atoms with Crippen molar-refractivity contribution in [3.05, 3.63) is 11.0 Å². The topological polar surface area (TPSA) is 84.1 Å². The molecule has 7 heteroatoms. The lowest BCUT2D eigenvalue weighted by molar-refractivity contribution is -0.129. The highest BCUT2D eigenvalue weighted by Gasteiger charge is 2.17. The Morgan fingerprint density at radius 2 is 2.06 bits per heavy atom. The van der Waals surface area contributed by atoms with Crippen LogP contribution in [0.25, 0.3) is 0 Å². The molecule has 0 aromatic carbocycles. The second-order valence-electron chi connectivity index (χ2n) is 3.94. The number of amides is 1. The lowest BCUT2D eigenvalue weighted by atomic mass is 10.2. The molecule has 6 nitrogen and oxygen atoms in total. The number of anilines is 2. The van der Waals surface area contributed by atoms with Crippen molar-refractivity contribution in [2.75, 3.05) is 25.1 Å². The number of likely N-dealkylation sites (N-methyl/N-ethyl adjacent to an activating group) is 1. The number of halogens is 1. The van der Waals surface area contributed by atoms with Crippen molar-refractivity contribution in [3.63, 3.8) is 0 Å². The first-order chi connectivity index (χ1) is 7.82. The molecule has 94 valence electrons. The van der Waals surface area contributed by atoms with Crippen molar-refractivity contribution >= 4 is 29.0 Å². The summed E-state index contributed by atoms with van der Waals surface area (Å²) in [6, 6.07) is -0.433. The molecule has 0 saturated heterocycles. The number of aromatic nitrogens is 2. The van der Waals surface area contributed by atoms with Crippen LogP contribution in [-0.4, -0.2) is 40.9 Å². The van der Waals surface area contributed by atoms with Crippen LogP contribution in [0, 0.1) is 6.92 Å². The largest absolute Gasteiger partial charge is 0.394 e. The van der Waals surface area contributed by atoms with Gasteiger partial charge in [0.15, 0.2) is 5.82 Å². The summed E-state index contributed by atoms with van der Waals surface area (Å²) in [5.41, 5.74) is 6.78. The van der Waals surface area contributed by atoms with Crippen molar-refractivity contribution in [2.45, 2.75) is 19.9 Å². The summed E-state index contributed by atoms with van der Waals surface area (Å²) < 4.78 is 0. The number of hydrogen-bond acceptors (Lipinski definition) is 5. The zero-order valence-corrected chi connectivity index (χ0v) is 11.0. The summed E-state index contributed by atoms with van der Waals surface area (Å²) in [5.74, 6) is 0.307. The number of nitrogens with two attached hydrogens (primary N) is 1. The predicted molar refractivity (Wildman–Crippen MR) is 68.0 cm³/mol. The van der Waals surface area contributed by atoms with Crippen LogP contribution in [0.5, 0.6) is 0 Å². The summed E-state index contributed by atoms with van der Waals surface area (Å²) in [7, 11) is 3.37. The summed E-state index contributed by atoms with van der Waals surface area (Å²) in [6.07, 6.45) is 0. The molecule has 1 aromatic rings. The van der Waals surface area contributed by atoms with E-state index in [1.807, 2.05) is 0 Å². The van der Waals surface area contributed by atoms with E-state index in [0.29, 0.717) is 17.2 Å². The van der Waals surface area contributed by atoms with E-state index in [0.717, 1.165) is 0 Å². The Kier molecular flexibility index (Phi) is 4.11. The molecule has 1 heterocycles. The Bertz CT molecular complexity index is 435. The summed E-state index contributed by atoms with van der Waals surface area (Å²) in [4.78, 5) is 21.0. The van der Waals surface area contributed by atoms with Gasteiger partial charge in [-0.25, -0.2) is 4.98 Å². The van der Waals surface area contributed by atoms with Crippen molar-refractivity contribution in [2.24, 2.45) is 0 Å². The number of carbonyl (C=O) groups excluding carboxylic acids is 1. The fraction of sp³-hybridized carbons (Fsp3) is 0.500. The molecular weight excluding hydrogens is 242 g/mol. The second-order valence-corrected chi connectivity index (χ2v) is 4.28. The van der Waals surface area contributed by atoms with Gasteiger partial charge in [0.05, 0.1) is 11.4 Å². The van der Waals surface area contributed by atoms with Gasteiger partial charge in [0, 0.05) is 14.1 Å². The third kappa shape index (κ3) is 3.20. The van der Waals surface area contributed by atoms with Crippen LogP contribution in [0.15, 0.2) is 0 Å². The molecule has 1 rings (SSSR count). The number of rotatable bonds is 3. The fourth-order valence-electron chi connectivity index (χ4n) is 1.31. The number of nitrogen functional groups attached to an aromatic ring is 1. The SMILES string of the molecule is Cc1nc(Cl)nc(NC(C)C(=O)N(C)C)c1N. The van der Waals surface area contributed by atoms with Gasteiger partial charge in [0.2, 0.25) is 11.2 Å². The zero-order valence-electron chi connectivity index (χ0n) is 10.3. The van der Waals surface area contributed by atoms with Crippen LogP contribution >= 0.6 is 11.6 Å². The number of carbonyl (C=O) groups is 1. The Morgan fingerprint density at radius 1 is 1.47 bits per heavy atom. The van der Waals surface area contributed by atoms with Gasteiger partial charge in [-0.1, -0.05) is 0 Å². The third-order valence-electron chi connectivity index (χ3n) is 2.27. The Hall–Kier alpha value is -1.56. The minimum Gasteiger partial charge on any atom is -0.394 e. The van der Waals surface area contributed by atoms with Crippen LogP contribution in [0.4, 0.5) is 11.5 Å². The first-order valence-electron chi connectivity index (χ1n) is 5.10. The molecular formula is C10H16ClN5O. The maximum Gasteiger partial charge on any atom is 0.244 e. The summed E-state index contributed by atoms with van der Waals surface area (Å²) in [5, 5.41) is 3.02. The van der Waals surface area contributed by atoms with Crippen molar-refractivity contribution < 1.29 is 4.79 Å². The summed E-state index contributed by atoms with van der Waals surface area (Å²) in [6.45, 7) is 3.46. The monoisotopic (exact) mass is 257 g/mol. The average Bonchev–Trinajstić information content (AvgIpc) is 2.23. The van der Waals surface area contributed by atoms with Crippen molar-refractivity contribution in [1.29, 1.82) is 0 Å². The van der Waals surface area contributed by atoms with Gasteiger partial charge in [-0.3, -0.25) is 4.79 Å². The van der Waals surface area contributed by atoms with E-state index in [1.54, 1.807) is 27.9 Å². The smallest absolute Gasteiger partial charge is 0.244 e. The van der Waals surface area contributed by atoms with E-state index in [9.17, 15) is 4.79 Å². The first-order valence-corrected chi connectivity index (χ1v) is 5.48. The molecule has 0 radical (unpaired) electrons. The maximum atomic E-state index is 11.7. The molecule has 0 saturated carbocycles. The number of hydrogen-bond donors (Lipinski definition) is 2.